The number of ether oxygens (including phenoxy) is 14. The number of rotatable bonds is 26. The van der Waals surface area contributed by atoms with Gasteiger partial charge in [-0.2, -0.15) is 0 Å². The van der Waals surface area contributed by atoms with Crippen molar-refractivity contribution in [2.24, 2.45) is 27.1 Å². The molecule has 5 N–H and O–H groups in total. The number of methoxy groups -OCH3 is 9. The Morgan fingerprint density at radius 3 is 0.878 bits per heavy atom. The molecule has 18 rings (SSSR count). The molecule has 0 spiro atoms. The van der Waals surface area contributed by atoms with Gasteiger partial charge in [-0.25, -0.2) is 29.1 Å². The van der Waals surface area contributed by atoms with E-state index in [1.807, 2.05) is 120 Å². The number of fused-ring (bicyclic) bond motifs is 2. The van der Waals surface area contributed by atoms with Crippen molar-refractivity contribution in [2.45, 2.75) is 269 Å². The molecule has 6 heterocycles. The van der Waals surface area contributed by atoms with E-state index in [4.69, 9.17) is 61.6 Å². The normalized spacial score (nSPS) is 25.1. The maximum Gasteiger partial charge on any atom is 0.409 e. The van der Waals surface area contributed by atoms with Crippen LogP contribution in [0.2, 0.25) is 0 Å². The van der Waals surface area contributed by atoms with Crippen molar-refractivity contribution >= 4 is 36.1 Å². The molecule has 31 nitrogen and oxygen atoms in total. The van der Waals surface area contributed by atoms with E-state index in [2.05, 4.69) is 87.2 Å². The molecule has 5 aliphatic heterocycles. The number of nitrogens with zero attached hydrogens (tertiary/aromatic N) is 7. The lowest BCUT2D eigenvalue weighted by Crippen LogP contribution is -2.46. The fourth-order valence-corrected chi connectivity index (χ4v) is 23.7. The molecule has 0 bridgehead atoms. The number of aliphatic hydroxyl groups is 5. The molecule has 8 fully saturated rings. The van der Waals surface area contributed by atoms with Gasteiger partial charge in [0, 0.05) is 160 Å². The van der Waals surface area contributed by atoms with Crippen molar-refractivity contribution in [3.05, 3.63) is 208 Å². The van der Waals surface area contributed by atoms with Crippen molar-refractivity contribution in [1.29, 1.82) is 0 Å². The number of benzene rings is 7. The molecule has 5 saturated heterocycles. The second kappa shape index (κ2) is 48.3. The summed E-state index contributed by atoms with van der Waals surface area (Å²) in [7, 11) is 13.6. The van der Waals surface area contributed by atoms with E-state index >= 15 is 0 Å². The third kappa shape index (κ3) is 24.7. The average Bonchev–Trinajstić information content (AvgIpc) is 1.60. The van der Waals surface area contributed by atoms with Crippen LogP contribution in [0.15, 0.2) is 158 Å². The fourth-order valence-electron chi connectivity index (χ4n) is 23.7. The first-order valence-electron chi connectivity index (χ1n) is 52.4. The maximum absolute atomic E-state index is 12.4. The summed E-state index contributed by atoms with van der Waals surface area (Å²) in [5.74, 6) is 6.05. The van der Waals surface area contributed by atoms with Gasteiger partial charge in [0.05, 0.1) is 112 Å². The number of carbonyl (C=O) groups excluding carboxylic acids is 5. The van der Waals surface area contributed by atoms with Crippen LogP contribution in [0.4, 0.5) is 20.3 Å². The maximum atomic E-state index is 12.4. The Kier molecular flexibility index (Phi) is 36.4. The van der Waals surface area contributed by atoms with Crippen molar-refractivity contribution in [2.75, 3.05) is 134 Å². The Bertz CT molecular complexity index is 5660. The van der Waals surface area contributed by atoms with Gasteiger partial charge in [-0.3, -0.25) is 4.79 Å². The van der Waals surface area contributed by atoms with Gasteiger partial charge in [0.2, 0.25) is 5.95 Å². The summed E-state index contributed by atoms with van der Waals surface area (Å²) < 4.78 is 78.6. The van der Waals surface area contributed by atoms with Crippen LogP contribution >= 0.6 is 0 Å². The molecule has 10 aliphatic rings. The zero-order chi connectivity index (χ0) is 106. The van der Waals surface area contributed by atoms with Gasteiger partial charge in [-0.05, 0) is 235 Å². The second-order valence-corrected chi connectivity index (χ2v) is 43.6. The molecule has 0 unspecified atom stereocenters. The molecule has 804 valence electrons. The van der Waals surface area contributed by atoms with Crippen LogP contribution in [0.25, 0.3) is 0 Å². The van der Waals surface area contributed by atoms with Crippen LogP contribution < -0.4 is 52.3 Å². The van der Waals surface area contributed by atoms with Crippen molar-refractivity contribution in [3.8, 4) is 57.5 Å². The largest absolute Gasteiger partial charge is 0.493 e. The Morgan fingerprint density at radius 1 is 0.331 bits per heavy atom. The Morgan fingerprint density at radius 2 is 0.595 bits per heavy atom. The third-order valence-electron chi connectivity index (χ3n) is 34.0. The third-order valence-corrected chi connectivity index (χ3v) is 34.0. The van der Waals surface area contributed by atoms with Gasteiger partial charge in [0.1, 0.15) is 12.2 Å². The van der Waals surface area contributed by atoms with Crippen molar-refractivity contribution < 1.29 is 116 Å². The number of aromatic nitrogens is 2. The van der Waals surface area contributed by atoms with E-state index in [-0.39, 0.29) is 90.3 Å². The van der Waals surface area contributed by atoms with E-state index < -0.39 is 63.6 Å². The summed E-state index contributed by atoms with van der Waals surface area (Å²) in [6, 6.07) is 48.5. The number of aliphatic hydroxyl groups excluding tert-OH is 4. The first kappa shape index (κ1) is 112. The molecule has 148 heavy (non-hydrogen) atoms. The van der Waals surface area contributed by atoms with Gasteiger partial charge in [-0.15, -0.1) is 0 Å². The van der Waals surface area contributed by atoms with Crippen LogP contribution in [0.1, 0.15) is 233 Å². The summed E-state index contributed by atoms with van der Waals surface area (Å²) in [6.45, 7) is 25.7. The van der Waals surface area contributed by atoms with E-state index in [0.717, 1.165) is 122 Å². The monoisotopic (exact) mass is 2040 g/mol. The molecule has 8 aromatic rings. The molecular weight excluding hydrogens is 1890 g/mol. The van der Waals surface area contributed by atoms with Gasteiger partial charge < -0.3 is 116 Å². The van der Waals surface area contributed by atoms with Crippen LogP contribution in [0, 0.1) is 27.1 Å². The number of likely N-dealkylation sites (tertiary alicyclic amines) is 4. The van der Waals surface area contributed by atoms with E-state index in [0.29, 0.717) is 92.8 Å². The molecular formula is C117H157N7O24. The zero-order valence-corrected chi connectivity index (χ0v) is 90.1. The van der Waals surface area contributed by atoms with Gasteiger partial charge in [-0.1, -0.05) is 113 Å². The summed E-state index contributed by atoms with van der Waals surface area (Å²) >= 11 is 0. The lowest BCUT2D eigenvalue weighted by molar-refractivity contribution is -0.157. The summed E-state index contributed by atoms with van der Waals surface area (Å²) in [5.41, 5.74) is 7.07. The van der Waals surface area contributed by atoms with Gasteiger partial charge in [0.25, 0.3) is 0 Å². The van der Waals surface area contributed by atoms with Crippen LogP contribution in [0.5, 0.6) is 57.5 Å². The molecule has 31 heteroatoms. The molecule has 4 amide bonds. The standard InChI is InChI=1S/C27H31N3O3.C26H33NO5.C22H31NO6.2C21H31NO5/c1-18(31)27(2)17-30(26-28-11-6-12-29-26)16-23(27)21-9-10-24(32-3)25(15-21)33-22-13-19-7-4-5-8-20(19)14-22;1-25(2,29)26(3)16-27(24(28)31-5)15-21(26)19-10-11-22(30-4)23(14-19)32-20-12-17-8-6-7-9-18(17)13-20;1-14(24)22(2)13-23(20(25)21(26)28-4)12-17(22)15-9-10-18(27-3)19(11-15)29-16-7-5-6-8-16;2*1-14(23)21(2)13-22(20(24)26-4)12-17(21)15-9-10-18(25-3)19(11-15)27-16-7-5-6-8-16/h4-12,15,18,22-23,31H,13-14,16-17H2,1-3H3;6-11,14,20-21,29H,12-13,15-16H2,1-5H3;9-11,14,16-17,24H,5-8,12-13H2,1-4H3;2*9-11,14,16-17,23H,5-8,12-13H2,1-4H3/t18-,23+,27+;21-,26+;14-,17+,22+;14-,17+,21+;14-,17-,21-/m10110/s1. The fraction of sp³-hybridized carbons (Fsp3) is 0.564. The Balaban J connectivity index is 0.000000146. The number of anilines is 1. The topological polar surface area (TPSA) is 358 Å². The summed E-state index contributed by atoms with van der Waals surface area (Å²) in [5, 5.41) is 53.3. The number of hydrogen-bond acceptors (Lipinski definition) is 27. The molecule has 1 aromatic heterocycles. The lowest BCUT2D eigenvalue weighted by atomic mass is 9.66. The Labute approximate surface area is 872 Å². The summed E-state index contributed by atoms with van der Waals surface area (Å²) in [4.78, 5) is 78.1. The zero-order valence-electron chi connectivity index (χ0n) is 90.1. The Hall–Kier alpha value is -12.0. The van der Waals surface area contributed by atoms with Crippen LogP contribution in [0.3, 0.4) is 0 Å². The minimum Gasteiger partial charge on any atom is -0.493 e. The highest BCUT2D eigenvalue weighted by Crippen LogP contribution is 2.56. The smallest absolute Gasteiger partial charge is 0.409 e. The predicted octanol–water partition coefficient (Wildman–Crippen LogP) is 17.8. The van der Waals surface area contributed by atoms with E-state index in [9.17, 15) is 49.5 Å². The minimum atomic E-state index is -1.01. The van der Waals surface area contributed by atoms with Crippen LogP contribution in [-0.2, 0) is 54.2 Å². The second-order valence-electron chi connectivity index (χ2n) is 43.6. The van der Waals surface area contributed by atoms with E-state index in [1.165, 1.54) is 94.1 Å². The first-order valence-corrected chi connectivity index (χ1v) is 52.4. The quantitative estimate of drug-likeness (QED) is 0.0191. The molecule has 5 aliphatic carbocycles. The number of carbonyl (C=O) groups is 5. The average molecular weight is 2050 g/mol. The molecule has 7 aromatic carbocycles. The van der Waals surface area contributed by atoms with E-state index in [1.54, 1.807) is 97.3 Å². The van der Waals surface area contributed by atoms with Crippen molar-refractivity contribution in [1.82, 2.24) is 29.6 Å². The highest BCUT2D eigenvalue weighted by Gasteiger charge is 2.57. The lowest BCUT2D eigenvalue weighted by Gasteiger charge is -2.41. The molecule has 0 radical (unpaired) electrons. The predicted molar refractivity (Wildman–Crippen MR) is 562 cm³/mol. The van der Waals surface area contributed by atoms with Gasteiger partial charge >= 0.3 is 30.2 Å². The number of amides is 4. The minimum absolute atomic E-state index is 0.0200. The SMILES string of the molecule is COC(=O)C(=O)N1C[C@@H](c2ccc(OC)c(OC3CCCC3)c2)[C@](C)([C@@H](C)O)C1.COC(=O)N1C[C@@H](c2ccc(OC)c(OC3CCCC3)c2)[C@](C)([C@@H](C)O)C1.COC(=O)N1C[C@@H](c2ccc(OC)c(OC3CCCC3)c2)[C@](C)([C@H](C)O)C1.COC(=O)N1C[C@@H](c2ccc(OC)c(OC3Cc4ccccc4C3)c2)[C@](C)(C(C)(C)O)C1.COc1ccc([C@@H]2CN(c3ncccn3)C[C@@]2(C)[C@@H](C)O)cc1OC1Cc2ccccc2C1. The highest BCUT2D eigenvalue weighted by molar-refractivity contribution is 6.32. The van der Waals surface area contributed by atoms with Crippen molar-refractivity contribution in [3.63, 3.8) is 0 Å². The summed E-state index contributed by atoms with van der Waals surface area (Å²) in [6.07, 6.45) is 17.9. The number of esters is 1. The number of hydrogen-bond donors (Lipinski definition) is 5. The van der Waals surface area contributed by atoms with Gasteiger partial charge in [0.15, 0.2) is 57.5 Å². The molecule has 3 saturated carbocycles. The molecule has 14 atom stereocenters. The first-order chi connectivity index (χ1) is 70.7. The van der Waals surface area contributed by atoms with Crippen LogP contribution in [-0.4, -0.2) is 275 Å². The highest BCUT2D eigenvalue weighted by atomic mass is 16.6.